The van der Waals surface area contributed by atoms with Gasteiger partial charge in [-0.25, -0.2) is 0 Å². The zero-order chi connectivity index (χ0) is 13.4. The van der Waals surface area contributed by atoms with Gasteiger partial charge in [-0.3, -0.25) is 4.79 Å². The highest BCUT2D eigenvalue weighted by Crippen LogP contribution is 2.30. The third-order valence-corrected chi connectivity index (χ3v) is 3.94. The molecule has 0 aromatic carbocycles. The summed E-state index contributed by atoms with van der Waals surface area (Å²) in [5.74, 6) is 1.64. The van der Waals surface area contributed by atoms with E-state index in [1.54, 1.807) is 7.11 Å². The molecular weight excluding hydrogens is 228 g/mol. The van der Waals surface area contributed by atoms with Gasteiger partial charge in [-0.1, -0.05) is 19.8 Å². The predicted molar refractivity (Wildman–Crippen MR) is 73.5 cm³/mol. The van der Waals surface area contributed by atoms with Crippen molar-refractivity contribution >= 4 is 5.91 Å². The first kappa shape index (κ1) is 15.4. The second-order valence-corrected chi connectivity index (χ2v) is 5.44. The van der Waals surface area contributed by atoms with Crippen LogP contribution in [0.4, 0.5) is 0 Å². The van der Waals surface area contributed by atoms with Gasteiger partial charge >= 0.3 is 0 Å². The molecule has 4 heteroatoms. The summed E-state index contributed by atoms with van der Waals surface area (Å²) in [6.07, 6.45) is 4.85. The van der Waals surface area contributed by atoms with Crippen LogP contribution in [-0.4, -0.2) is 38.8 Å². The van der Waals surface area contributed by atoms with E-state index >= 15 is 0 Å². The molecule has 0 bridgehead atoms. The second kappa shape index (κ2) is 8.48. The molecule has 1 saturated carbocycles. The van der Waals surface area contributed by atoms with Crippen molar-refractivity contribution in [2.45, 2.75) is 45.6 Å². The molecule has 1 fully saturated rings. The number of hydrogen-bond donors (Lipinski definition) is 2. The molecule has 0 heterocycles. The number of carbonyl (C=O) groups is 1. The van der Waals surface area contributed by atoms with E-state index < -0.39 is 0 Å². The highest BCUT2D eigenvalue weighted by Gasteiger charge is 2.24. The van der Waals surface area contributed by atoms with Crippen molar-refractivity contribution in [3.8, 4) is 0 Å². The molecule has 106 valence electrons. The molecule has 0 aliphatic heterocycles. The molecule has 2 N–H and O–H groups in total. The molecule has 0 radical (unpaired) electrons. The highest BCUT2D eigenvalue weighted by atomic mass is 16.5. The Labute approximate surface area is 111 Å². The van der Waals surface area contributed by atoms with Crippen molar-refractivity contribution in [1.82, 2.24) is 10.6 Å². The number of rotatable bonds is 8. The number of nitrogens with one attached hydrogen (secondary N) is 2. The van der Waals surface area contributed by atoms with Crippen LogP contribution in [0.3, 0.4) is 0 Å². The molecule has 0 aromatic rings. The summed E-state index contributed by atoms with van der Waals surface area (Å²) in [5.41, 5.74) is 0. The molecule has 1 amide bonds. The summed E-state index contributed by atoms with van der Waals surface area (Å²) in [5, 5.41) is 6.27. The average Bonchev–Trinajstić information content (AvgIpc) is 2.77. The molecule has 1 aliphatic rings. The van der Waals surface area contributed by atoms with E-state index in [0.29, 0.717) is 13.2 Å². The molecule has 3 atom stereocenters. The number of methoxy groups -OCH3 is 1. The molecule has 0 saturated heterocycles. The Morgan fingerprint density at radius 2 is 2.22 bits per heavy atom. The van der Waals surface area contributed by atoms with E-state index in [9.17, 15) is 4.79 Å². The third kappa shape index (κ3) is 5.36. The lowest BCUT2D eigenvalue weighted by atomic mass is 9.98. The number of ether oxygens (including phenoxy) is 1. The van der Waals surface area contributed by atoms with E-state index in [-0.39, 0.29) is 11.9 Å². The van der Waals surface area contributed by atoms with Crippen LogP contribution in [0, 0.1) is 11.8 Å². The maximum Gasteiger partial charge on any atom is 0.236 e. The van der Waals surface area contributed by atoms with Crippen molar-refractivity contribution in [3.63, 3.8) is 0 Å². The van der Waals surface area contributed by atoms with Crippen molar-refractivity contribution in [2.24, 2.45) is 11.8 Å². The Morgan fingerprint density at radius 1 is 1.44 bits per heavy atom. The van der Waals surface area contributed by atoms with Gasteiger partial charge < -0.3 is 15.4 Å². The van der Waals surface area contributed by atoms with Crippen molar-refractivity contribution in [2.75, 3.05) is 26.8 Å². The zero-order valence-electron chi connectivity index (χ0n) is 12.0. The molecular formula is C14H28N2O2. The maximum absolute atomic E-state index is 11.8. The van der Waals surface area contributed by atoms with Crippen LogP contribution in [0.2, 0.25) is 0 Å². The topological polar surface area (TPSA) is 50.4 Å². The van der Waals surface area contributed by atoms with Crippen LogP contribution in [0.1, 0.15) is 39.5 Å². The Hall–Kier alpha value is -0.610. The summed E-state index contributed by atoms with van der Waals surface area (Å²) < 4.78 is 4.94. The van der Waals surface area contributed by atoms with Crippen LogP contribution < -0.4 is 10.6 Å². The minimum atomic E-state index is -0.0969. The van der Waals surface area contributed by atoms with Crippen LogP contribution in [0.25, 0.3) is 0 Å². The summed E-state index contributed by atoms with van der Waals surface area (Å²) in [6, 6.07) is -0.0969. The SMILES string of the molecule is COCCCNC(=O)C(C)NCC1CCCC1C. The lowest BCUT2D eigenvalue weighted by Crippen LogP contribution is -2.44. The quantitative estimate of drug-likeness (QED) is 0.648. The number of hydrogen-bond acceptors (Lipinski definition) is 3. The smallest absolute Gasteiger partial charge is 0.236 e. The summed E-state index contributed by atoms with van der Waals surface area (Å²) in [4.78, 5) is 11.8. The van der Waals surface area contributed by atoms with E-state index in [4.69, 9.17) is 4.74 Å². The van der Waals surface area contributed by atoms with Gasteiger partial charge in [0.2, 0.25) is 5.91 Å². The monoisotopic (exact) mass is 256 g/mol. The first-order chi connectivity index (χ1) is 8.65. The Balaban J connectivity index is 2.11. The lowest BCUT2D eigenvalue weighted by molar-refractivity contribution is -0.122. The molecule has 4 nitrogen and oxygen atoms in total. The van der Waals surface area contributed by atoms with Gasteiger partial charge in [0, 0.05) is 20.3 Å². The van der Waals surface area contributed by atoms with Gasteiger partial charge in [0.25, 0.3) is 0 Å². The Morgan fingerprint density at radius 3 is 2.83 bits per heavy atom. The lowest BCUT2D eigenvalue weighted by Gasteiger charge is -2.19. The highest BCUT2D eigenvalue weighted by molar-refractivity contribution is 5.81. The summed E-state index contributed by atoms with van der Waals surface area (Å²) in [7, 11) is 1.68. The van der Waals surface area contributed by atoms with Crippen LogP contribution in [0.5, 0.6) is 0 Å². The molecule has 1 rings (SSSR count). The van der Waals surface area contributed by atoms with Gasteiger partial charge in [0.05, 0.1) is 6.04 Å². The van der Waals surface area contributed by atoms with E-state index in [2.05, 4.69) is 17.6 Å². The molecule has 18 heavy (non-hydrogen) atoms. The standard InChI is InChI=1S/C14H28N2O2/c1-11-6-4-7-13(11)10-16-12(2)14(17)15-8-5-9-18-3/h11-13,16H,4-10H2,1-3H3,(H,15,17). The van der Waals surface area contributed by atoms with Crippen molar-refractivity contribution in [3.05, 3.63) is 0 Å². The van der Waals surface area contributed by atoms with Crippen LogP contribution >= 0.6 is 0 Å². The maximum atomic E-state index is 11.8. The van der Waals surface area contributed by atoms with E-state index in [0.717, 1.165) is 24.8 Å². The Bertz CT molecular complexity index is 246. The predicted octanol–water partition coefficient (Wildman–Crippen LogP) is 1.55. The summed E-state index contributed by atoms with van der Waals surface area (Å²) in [6.45, 7) is 6.61. The fourth-order valence-corrected chi connectivity index (χ4v) is 2.53. The fourth-order valence-electron chi connectivity index (χ4n) is 2.53. The summed E-state index contributed by atoms with van der Waals surface area (Å²) >= 11 is 0. The van der Waals surface area contributed by atoms with Gasteiger partial charge in [-0.05, 0) is 38.1 Å². The molecule has 0 spiro atoms. The van der Waals surface area contributed by atoms with Crippen LogP contribution in [0.15, 0.2) is 0 Å². The minimum Gasteiger partial charge on any atom is -0.385 e. The van der Waals surface area contributed by atoms with Crippen LogP contribution in [-0.2, 0) is 9.53 Å². The average molecular weight is 256 g/mol. The second-order valence-electron chi connectivity index (χ2n) is 5.44. The first-order valence-corrected chi connectivity index (χ1v) is 7.15. The van der Waals surface area contributed by atoms with Gasteiger partial charge in [0.1, 0.15) is 0 Å². The zero-order valence-corrected chi connectivity index (χ0v) is 12.0. The van der Waals surface area contributed by atoms with Gasteiger partial charge in [0.15, 0.2) is 0 Å². The minimum absolute atomic E-state index is 0.0942. The van der Waals surface area contributed by atoms with Gasteiger partial charge in [-0.2, -0.15) is 0 Å². The number of amides is 1. The van der Waals surface area contributed by atoms with E-state index in [1.807, 2.05) is 6.92 Å². The third-order valence-electron chi connectivity index (χ3n) is 3.94. The largest absolute Gasteiger partial charge is 0.385 e. The molecule has 1 aliphatic carbocycles. The van der Waals surface area contributed by atoms with E-state index in [1.165, 1.54) is 19.3 Å². The first-order valence-electron chi connectivity index (χ1n) is 7.15. The van der Waals surface area contributed by atoms with Crippen molar-refractivity contribution in [1.29, 1.82) is 0 Å². The van der Waals surface area contributed by atoms with Gasteiger partial charge in [-0.15, -0.1) is 0 Å². The number of carbonyl (C=O) groups excluding carboxylic acids is 1. The molecule has 3 unspecified atom stereocenters. The fraction of sp³-hybridized carbons (Fsp3) is 0.929. The Kier molecular flexibility index (Phi) is 7.28. The van der Waals surface area contributed by atoms with Crippen molar-refractivity contribution < 1.29 is 9.53 Å². The normalized spacial score (nSPS) is 25.1. The molecule has 0 aromatic heterocycles.